The second-order valence-corrected chi connectivity index (χ2v) is 8.38. The van der Waals surface area contributed by atoms with Gasteiger partial charge in [-0.3, -0.25) is 9.59 Å². The molecule has 0 radical (unpaired) electrons. The summed E-state index contributed by atoms with van der Waals surface area (Å²) in [6.45, 7) is 0. The number of thiophene rings is 1. The van der Waals surface area contributed by atoms with Crippen LogP contribution in [0.15, 0.2) is 57.6 Å². The molecule has 0 saturated heterocycles. The molecular formula is C17H11NO5S2. The lowest BCUT2D eigenvalue weighted by atomic mass is 10.0. The number of rotatable bonds is 2. The van der Waals surface area contributed by atoms with Gasteiger partial charge in [0, 0.05) is 0 Å². The zero-order chi connectivity index (χ0) is 17.6. The highest BCUT2D eigenvalue weighted by Crippen LogP contribution is 2.36. The van der Waals surface area contributed by atoms with E-state index in [0.29, 0.717) is 10.4 Å². The van der Waals surface area contributed by atoms with Gasteiger partial charge in [0.1, 0.15) is 6.26 Å². The molecule has 1 aromatic carbocycles. The molecule has 8 heteroatoms. The maximum atomic E-state index is 12.9. The van der Waals surface area contributed by atoms with E-state index in [1.807, 2.05) is 0 Å². The standard InChI is InChI=1S/C17H11NO5S2/c19-15-14-12(18-17(20)10-4-6-23-8-10)2-1-3-13(14)25(21,22)9-11-5-7-24-16(11)15/h1-8H,9H2,(H,18,20). The van der Waals surface area contributed by atoms with Gasteiger partial charge in [-0.15, -0.1) is 11.3 Å². The van der Waals surface area contributed by atoms with Crippen molar-refractivity contribution in [3.63, 3.8) is 0 Å². The van der Waals surface area contributed by atoms with Crippen LogP contribution in [0.4, 0.5) is 5.69 Å². The van der Waals surface area contributed by atoms with Crippen molar-refractivity contribution in [3.8, 4) is 0 Å². The average molecular weight is 373 g/mol. The zero-order valence-electron chi connectivity index (χ0n) is 12.7. The largest absolute Gasteiger partial charge is 0.472 e. The van der Waals surface area contributed by atoms with E-state index in [0.717, 1.165) is 0 Å². The maximum Gasteiger partial charge on any atom is 0.258 e. The third-order valence-electron chi connectivity index (χ3n) is 3.92. The van der Waals surface area contributed by atoms with Crippen LogP contribution >= 0.6 is 11.3 Å². The third-order valence-corrected chi connectivity index (χ3v) is 6.58. The van der Waals surface area contributed by atoms with Gasteiger partial charge in [-0.1, -0.05) is 6.07 Å². The van der Waals surface area contributed by atoms with Gasteiger partial charge in [-0.25, -0.2) is 8.42 Å². The van der Waals surface area contributed by atoms with E-state index in [1.165, 1.54) is 48.1 Å². The van der Waals surface area contributed by atoms with Crippen LogP contribution in [0, 0.1) is 0 Å². The molecule has 1 N–H and O–H groups in total. The molecule has 0 saturated carbocycles. The van der Waals surface area contributed by atoms with Crippen LogP contribution in [0.5, 0.6) is 0 Å². The van der Waals surface area contributed by atoms with Crippen molar-refractivity contribution in [3.05, 3.63) is 69.8 Å². The van der Waals surface area contributed by atoms with Gasteiger partial charge in [-0.05, 0) is 35.2 Å². The zero-order valence-corrected chi connectivity index (χ0v) is 14.3. The maximum absolute atomic E-state index is 12.9. The summed E-state index contributed by atoms with van der Waals surface area (Å²) < 4.78 is 30.3. The topological polar surface area (TPSA) is 93.5 Å². The minimum Gasteiger partial charge on any atom is -0.472 e. The first-order valence-corrected chi connectivity index (χ1v) is 9.81. The lowest BCUT2D eigenvalue weighted by molar-refractivity contribution is 0.102. The highest BCUT2D eigenvalue weighted by molar-refractivity contribution is 7.90. The minimum atomic E-state index is -3.69. The molecule has 1 amide bonds. The van der Waals surface area contributed by atoms with Crippen molar-refractivity contribution in [1.29, 1.82) is 0 Å². The van der Waals surface area contributed by atoms with Gasteiger partial charge in [0.15, 0.2) is 9.84 Å². The second-order valence-electron chi connectivity index (χ2n) is 5.51. The van der Waals surface area contributed by atoms with E-state index in [2.05, 4.69) is 5.32 Å². The van der Waals surface area contributed by atoms with Crippen LogP contribution < -0.4 is 5.32 Å². The molecule has 3 aromatic rings. The Morgan fingerprint density at radius 2 is 2.04 bits per heavy atom. The molecule has 1 aliphatic rings. The van der Waals surface area contributed by atoms with Gasteiger partial charge in [0.25, 0.3) is 5.91 Å². The number of hydrogen-bond acceptors (Lipinski definition) is 6. The fraction of sp³-hybridized carbons (Fsp3) is 0.0588. The fourth-order valence-corrected chi connectivity index (χ4v) is 5.33. The summed E-state index contributed by atoms with van der Waals surface area (Å²) in [7, 11) is -3.69. The fourth-order valence-electron chi connectivity index (χ4n) is 2.76. The molecule has 4 rings (SSSR count). The number of sulfone groups is 1. The van der Waals surface area contributed by atoms with E-state index in [1.54, 1.807) is 11.4 Å². The van der Waals surface area contributed by atoms with Crippen LogP contribution in [0.25, 0.3) is 0 Å². The first-order valence-electron chi connectivity index (χ1n) is 7.28. The number of hydrogen-bond donors (Lipinski definition) is 1. The Morgan fingerprint density at radius 1 is 1.20 bits per heavy atom. The molecule has 126 valence electrons. The van der Waals surface area contributed by atoms with Gasteiger partial charge >= 0.3 is 0 Å². The average Bonchev–Trinajstić information content (AvgIpc) is 3.23. The van der Waals surface area contributed by atoms with Crippen molar-refractivity contribution < 1.29 is 22.4 Å². The third kappa shape index (κ3) is 2.59. The summed E-state index contributed by atoms with van der Waals surface area (Å²) in [5.74, 6) is -1.11. The molecule has 3 heterocycles. The minimum absolute atomic E-state index is 0.000505. The summed E-state index contributed by atoms with van der Waals surface area (Å²) >= 11 is 1.19. The number of anilines is 1. The smallest absolute Gasteiger partial charge is 0.258 e. The van der Waals surface area contributed by atoms with Crippen LogP contribution in [0.1, 0.15) is 31.2 Å². The summed E-state index contributed by atoms with van der Waals surface area (Å²) in [4.78, 5) is 25.5. The summed E-state index contributed by atoms with van der Waals surface area (Å²) in [5.41, 5.74) is 0.927. The van der Waals surface area contributed by atoms with Crippen molar-refractivity contribution in [2.24, 2.45) is 0 Å². The van der Waals surface area contributed by atoms with E-state index < -0.39 is 21.5 Å². The van der Waals surface area contributed by atoms with E-state index >= 15 is 0 Å². The van der Waals surface area contributed by atoms with Gasteiger partial charge < -0.3 is 9.73 Å². The molecule has 0 aliphatic carbocycles. The van der Waals surface area contributed by atoms with Crippen LogP contribution in [0.2, 0.25) is 0 Å². The Bertz CT molecular complexity index is 1090. The predicted molar refractivity (Wildman–Crippen MR) is 91.7 cm³/mol. The van der Waals surface area contributed by atoms with Crippen LogP contribution in [-0.2, 0) is 15.6 Å². The molecule has 0 bridgehead atoms. The molecule has 0 fully saturated rings. The molecule has 0 unspecified atom stereocenters. The lowest BCUT2D eigenvalue weighted by Crippen LogP contribution is -2.16. The van der Waals surface area contributed by atoms with Crippen molar-refractivity contribution in [2.45, 2.75) is 10.6 Å². The summed E-state index contributed by atoms with van der Waals surface area (Å²) in [5, 5.41) is 4.30. The van der Waals surface area contributed by atoms with E-state index in [4.69, 9.17) is 4.42 Å². The molecule has 0 spiro atoms. The van der Waals surface area contributed by atoms with Crippen molar-refractivity contribution >= 4 is 38.6 Å². The number of benzene rings is 1. The van der Waals surface area contributed by atoms with Gasteiger partial charge in [0.05, 0.1) is 38.6 Å². The Hall–Kier alpha value is -2.71. The Labute approximate surface area is 147 Å². The summed E-state index contributed by atoms with van der Waals surface area (Å²) in [6, 6.07) is 7.54. The van der Waals surface area contributed by atoms with Crippen molar-refractivity contribution in [1.82, 2.24) is 0 Å². The second kappa shape index (κ2) is 5.68. The van der Waals surface area contributed by atoms with Gasteiger partial charge in [-0.2, -0.15) is 0 Å². The number of nitrogens with one attached hydrogen (secondary N) is 1. The highest BCUT2D eigenvalue weighted by atomic mass is 32.2. The van der Waals surface area contributed by atoms with Crippen LogP contribution in [-0.4, -0.2) is 20.1 Å². The van der Waals surface area contributed by atoms with Crippen LogP contribution in [0.3, 0.4) is 0 Å². The normalized spacial score (nSPS) is 15.1. The number of fused-ring (bicyclic) bond motifs is 2. The van der Waals surface area contributed by atoms with Crippen molar-refractivity contribution in [2.75, 3.05) is 5.32 Å². The summed E-state index contributed by atoms with van der Waals surface area (Å²) in [6.07, 6.45) is 2.63. The monoisotopic (exact) mass is 373 g/mol. The molecular weight excluding hydrogens is 362 g/mol. The Morgan fingerprint density at radius 3 is 2.80 bits per heavy atom. The van der Waals surface area contributed by atoms with E-state index in [9.17, 15) is 18.0 Å². The Balaban J connectivity index is 1.88. The number of furan rings is 1. The lowest BCUT2D eigenvalue weighted by Gasteiger charge is -2.12. The predicted octanol–water partition coefficient (Wildman–Crippen LogP) is 3.11. The number of carbonyl (C=O) groups excluding carboxylic acids is 2. The highest BCUT2D eigenvalue weighted by Gasteiger charge is 2.33. The molecule has 0 atom stereocenters. The number of carbonyl (C=O) groups is 2. The number of amides is 1. The quantitative estimate of drug-likeness (QED) is 0.745. The first-order chi connectivity index (χ1) is 12.0. The van der Waals surface area contributed by atoms with E-state index in [-0.39, 0.29) is 27.5 Å². The number of ketones is 1. The molecule has 25 heavy (non-hydrogen) atoms. The SMILES string of the molecule is O=C(Nc1cccc2c1C(=O)c1sccc1CS2(=O)=O)c1ccoc1. The molecule has 2 aromatic heterocycles. The molecule has 1 aliphatic heterocycles. The van der Waals surface area contributed by atoms with Gasteiger partial charge in [0.2, 0.25) is 5.78 Å². The molecule has 6 nitrogen and oxygen atoms in total. The Kier molecular flexibility index (Phi) is 3.59. The first kappa shape index (κ1) is 15.8.